The van der Waals surface area contributed by atoms with Crippen molar-refractivity contribution in [1.29, 1.82) is 0 Å². The first-order valence-electron chi connectivity index (χ1n) is 11.3. The molecule has 13 heteroatoms. The van der Waals surface area contributed by atoms with E-state index in [1.807, 2.05) is 0 Å². The summed E-state index contributed by atoms with van der Waals surface area (Å²) < 4.78 is 15.5. The van der Waals surface area contributed by atoms with Crippen LogP contribution < -0.4 is 20.7 Å². The number of carbonyl (C=O) groups excluding carboxylic acids is 3. The van der Waals surface area contributed by atoms with Crippen LogP contribution in [-0.4, -0.2) is 66.5 Å². The Morgan fingerprint density at radius 2 is 1.76 bits per heavy atom. The predicted molar refractivity (Wildman–Crippen MR) is 138 cm³/mol. The van der Waals surface area contributed by atoms with Gasteiger partial charge in [0.05, 0.1) is 32.6 Å². The van der Waals surface area contributed by atoms with Gasteiger partial charge in [-0.05, 0) is 49.6 Å². The predicted octanol–water partition coefficient (Wildman–Crippen LogP) is 3.62. The third-order valence-electron chi connectivity index (χ3n) is 4.71. The van der Waals surface area contributed by atoms with Crippen molar-refractivity contribution < 1.29 is 33.7 Å². The van der Waals surface area contributed by atoms with E-state index in [1.54, 1.807) is 49.6 Å². The third-order valence-corrected chi connectivity index (χ3v) is 5.61. The number of benzene rings is 1. The van der Waals surface area contributed by atoms with E-state index < -0.39 is 18.0 Å². The molecule has 0 atom stereocenters. The summed E-state index contributed by atoms with van der Waals surface area (Å²) in [5, 5.41) is 19.1. The van der Waals surface area contributed by atoms with Crippen molar-refractivity contribution >= 4 is 46.5 Å². The minimum absolute atomic E-state index is 0.0482. The van der Waals surface area contributed by atoms with Crippen molar-refractivity contribution in [2.24, 2.45) is 0 Å². The number of esters is 2. The van der Waals surface area contributed by atoms with Crippen molar-refractivity contribution in [3.8, 4) is 17.1 Å². The number of methoxy groups -OCH3 is 1. The van der Waals surface area contributed by atoms with Gasteiger partial charge in [-0.3, -0.25) is 0 Å². The van der Waals surface area contributed by atoms with Gasteiger partial charge in [-0.25, -0.2) is 24.4 Å². The molecular weight excluding hydrogens is 502 g/mol. The number of hydrogen-bond acceptors (Lipinski definition) is 11. The molecule has 0 radical (unpaired) electrons. The fourth-order valence-corrected chi connectivity index (χ4v) is 3.90. The zero-order valence-corrected chi connectivity index (χ0v) is 21.3. The lowest BCUT2D eigenvalue weighted by atomic mass is 10.2. The van der Waals surface area contributed by atoms with Crippen LogP contribution in [0.15, 0.2) is 35.7 Å². The second-order valence-electron chi connectivity index (χ2n) is 7.19. The molecule has 0 aliphatic rings. The van der Waals surface area contributed by atoms with Crippen LogP contribution in [0.25, 0.3) is 11.4 Å². The summed E-state index contributed by atoms with van der Waals surface area (Å²) in [5.41, 5.74) is 1.31. The average molecular weight is 530 g/mol. The highest BCUT2D eigenvalue weighted by atomic mass is 32.1. The van der Waals surface area contributed by atoms with E-state index in [4.69, 9.17) is 14.2 Å². The first-order valence-corrected chi connectivity index (χ1v) is 12.2. The molecule has 3 aromatic rings. The first-order chi connectivity index (χ1) is 17.9. The van der Waals surface area contributed by atoms with E-state index in [-0.39, 0.29) is 54.3 Å². The number of ether oxygens (including phenoxy) is 3. The number of urea groups is 1. The zero-order valence-electron chi connectivity index (χ0n) is 20.5. The number of nitrogens with zero attached hydrogens (tertiary/aromatic N) is 2. The van der Waals surface area contributed by atoms with E-state index in [0.29, 0.717) is 16.9 Å². The van der Waals surface area contributed by atoms with Crippen LogP contribution in [0.5, 0.6) is 5.75 Å². The molecule has 37 heavy (non-hydrogen) atoms. The number of hydrogen-bond donors (Lipinski definition) is 4. The minimum atomic E-state index is -0.670. The molecule has 0 spiro atoms. The molecule has 0 aliphatic heterocycles. The van der Waals surface area contributed by atoms with Gasteiger partial charge in [-0.1, -0.05) is 0 Å². The summed E-state index contributed by atoms with van der Waals surface area (Å²) in [5.74, 6) is -0.629. The van der Waals surface area contributed by atoms with Crippen molar-refractivity contribution in [2.45, 2.75) is 13.8 Å². The molecule has 0 saturated heterocycles. The number of aliphatic hydroxyl groups excluding tert-OH is 1. The highest BCUT2D eigenvalue weighted by molar-refractivity contribution is 7.12. The lowest BCUT2D eigenvalue weighted by Crippen LogP contribution is -2.20. The molecule has 196 valence electrons. The average Bonchev–Trinajstić information content (AvgIpc) is 3.36. The van der Waals surface area contributed by atoms with Crippen LogP contribution >= 0.6 is 11.3 Å². The largest absolute Gasteiger partial charge is 0.488 e. The summed E-state index contributed by atoms with van der Waals surface area (Å²) in [6, 6.07) is 7.66. The van der Waals surface area contributed by atoms with Crippen molar-refractivity contribution in [2.75, 3.05) is 49.4 Å². The Morgan fingerprint density at radius 3 is 2.41 bits per heavy atom. The number of nitrogens with one attached hydrogen (secondary N) is 3. The van der Waals surface area contributed by atoms with E-state index in [9.17, 15) is 19.5 Å². The number of aromatic nitrogens is 2. The minimum Gasteiger partial charge on any atom is -0.488 e. The van der Waals surface area contributed by atoms with Crippen LogP contribution in [0.3, 0.4) is 0 Å². The van der Waals surface area contributed by atoms with E-state index in [1.165, 1.54) is 7.11 Å². The number of carbonyl (C=O) groups is 3. The van der Waals surface area contributed by atoms with Gasteiger partial charge in [0.25, 0.3) is 0 Å². The molecule has 2 heterocycles. The Balaban J connectivity index is 1.84. The topological polar surface area (TPSA) is 161 Å². The maximum absolute atomic E-state index is 12.6. The van der Waals surface area contributed by atoms with E-state index >= 15 is 0 Å². The van der Waals surface area contributed by atoms with Gasteiger partial charge in [0.15, 0.2) is 23.1 Å². The normalized spacial score (nSPS) is 10.4. The van der Waals surface area contributed by atoms with Crippen LogP contribution in [0.1, 0.15) is 34.0 Å². The molecule has 12 nitrogen and oxygen atoms in total. The summed E-state index contributed by atoms with van der Waals surface area (Å²) in [7, 11) is 1.27. The second-order valence-corrected chi connectivity index (χ2v) is 8.10. The quantitative estimate of drug-likeness (QED) is 0.270. The Morgan fingerprint density at radius 1 is 1.00 bits per heavy atom. The first kappa shape index (κ1) is 27.4. The Kier molecular flexibility index (Phi) is 9.75. The Bertz CT molecular complexity index is 1250. The molecule has 0 aliphatic carbocycles. The SMILES string of the molecule is CCOC(=O)c1nc(-c2ccc(NC(=O)Nc3ccsc3C(=O)OC)cc2)nc(NCCO)c1OCC. The van der Waals surface area contributed by atoms with Crippen LogP contribution in [0.4, 0.5) is 22.0 Å². The number of thiophene rings is 1. The van der Waals surface area contributed by atoms with Gasteiger partial charge in [-0.15, -0.1) is 11.3 Å². The molecule has 0 saturated carbocycles. The zero-order chi connectivity index (χ0) is 26.8. The lowest BCUT2D eigenvalue weighted by molar-refractivity contribution is 0.0513. The summed E-state index contributed by atoms with van der Waals surface area (Å²) in [6.45, 7) is 3.88. The fourth-order valence-electron chi connectivity index (χ4n) is 3.14. The molecule has 0 unspecified atom stereocenters. The number of rotatable bonds is 11. The van der Waals surface area contributed by atoms with Crippen LogP contribution in [-0.2, 0) is 9.47 Å². The summed E-state index contributed by atoms with van der Waals surface area (Å²) >= 11 is 1.15. The summed E-state index contributed by atoms with van der Waals surface area (Å²) in [4.78, 5) is 45.9. The van der Waals surface area contributed by atoms with Gasteiger partial charge >= 0.3 is 18.0 Å². The summed E-state index contributed by atoms with van der Waals surface area (Å²) in [6.07, 6.45) is 0. The molecule has 0 bridgehead atoms. The lowest BCUT2D eigenvalue weighted by Gasteiger charge is -2.15. The highest BCUT2D eigenvalue weighted by Crippen LogP contribution is 2.31. The smallest absolute Gasteiger partial charge is 0.361 e. The van der Waals surface area contributed by atoms with Gasteiger partial charge in [-0.2, -0.15) is 0 Å². The number of anilines is 3. The highest BCUT2D eigenvalue weighted by Gasteiger charge is 2.23. The molecule has 1 aromatic carbocycles. The molecule has 3 rings (SSSR count). The molecular formula is C24H27N5O7S. The fraction of sp³-hybridized carbons (Fsp3) is 0.292. The van der Waals surface area contributed by atoms with Crippen LogP contribution in [0, 0.1) is 0 Å². The third kappa shape index (κ3) is 6.92. The molecule has 4 N–H and O–H groups in total. The van der Waals surface area contributed by atoms with Gasteiger partial charge in [0, 0.05) is 17.8 Å². The van der Waals surface area contributed by atoms with Gasteiger partial charge in [0.2, 0.25) is 0 Å². The second kappa shape index (κ2) is 13.2. The number of aliphatic hydroxyl groups is 1. The standard InChI is InChI=1S/C24H27N5O7S/c1-4-35-18-17(22(31)36-5-2)28-20(29-21(18)25-11-12-30)14-6-8-15(9-7-14)26-24(33)27-16-10-13-37-19(16)23(32)34-3/h6-10,13,30H,4-5,11-12H2,1-3H3,(H,25,28,29)(H2,26,27,33). The van der Waals surface area contributed by atoms with Crippen molar-refractivity contribution in [1.82, 2.24) is 9.97 Å². The van der Waals surface area contributed by atoms with Crippen molar-refractivity contribution in [3.05, 3.63) is 46.3 Å². The van der Waals surface area contributed by atoms with E-state index in [2.05, 4.69) is 25.9 Å². The Hall–Kier alpha value is -4.23. The molecule has 2 amide bonds. The number of amides is 2. The Labute approximate surface area is 217 Å². The molecule has 2 aromatic heterocycles. The van der Waals surface area contributed by atoms with Crippen LogP contribution in [0.2, 0.25) is 0 Å². The molecule has 0 fully saturated rings. The van der Waals surface area contributed by atoms with Gasteiger partial charge < -0.3 is 35.3 Å². The maximum Gasteiger partial charge on any atom is 0.361 e. The van der Waals surface area contributed by atoms with Crippen molar-refractivity contribution in [3.63, 3.8) is 0 Å². The monoisotopic (exact) mass is 529 g/mol. The van der Waals surface area contributed by atoms with Gasteiger partial charge in [0.1, 0.15) is 4.88 Å². The maximum atomic E-state index is 12.6. The van der Waals surface area contributed by atoms with E-state index in [0.717, 1.165) is 11.3 Å².